The van der Waals surface area contributed by atoms with Gasteiger partial charge in [-0.1, -0.05) is 17.7 Å². The molecule has 1 heterocycles. The molecule has 4 heteroatoms. The van der Waals surface area contributed by atoms with E-state index in [2.05, 4.69) is 10.3 Å². The molecule has 1 unspecified atom stereocenters. The van der Waals surface area contributed by atoms with Crippen LogP contribution in [0.5, 0.6) is 0 Å². The first-order valence-corrected chi connectivity index (χ1v) is 6.04. The molecule has 18 heavy (non-hydrogen) atoms. The van der Waals surface area contributed by atoms with Crippen LogP contribution >= 0.6 is 11.6 Å². The Morgan fingerprint density at radius 2 is 2.06 bits per heavy atom. The number of nitrogens with one attached hydrogen (secondary N) is 1. The Morgan fingerprint density at radius 1 is 1.28 bits per heavy atom. The van der Waals surface area contributed by atoms with Crippen molar-refractivity contribution in [2.75, 3.05) is 7.05 Å². The molecular formula is C14H14ClFN2. The lowest BCUT2D eigenvalue weighted by Crippen LogP contribution is -2.20. The maximum absolute atomic E-state index is 13.4. The number of hydrogen-bond donors (Lipinski definition) is 1. The molecule has 0 spiro atoms. The summed E-state index contributed by atoms with van der Waals surface area (Å²) >= 11 is 5.82. The number of hydrogen-bond acceptors (Lipinski definition) is 2. The van der Waals surface area contributed by atoms with E-state index in [0.717, 1.165) is 16.8 Å². The summed E-state index contributed by atoms with van der Waals surface area (Å²) in [5, 5.41) is 3.74. The molecule has 0 aliphatic rings. The van der Waals surface area contributed by atoms with Crippen LogP contribution in [0, 0.1) is 12.7 Å². The first-order valence-electron chi connectivity index (χ1n) is 5.66. The van der Waals surface area contributed by atoms with Crippen molar-refractivity contribution in [3.8, 4) is 0 Å². The molecule has 0 fully saturated rings. The van der Waals surface area contributed by atoms with E-state index in [-0.39, 0.29) is 11.9 Å². The number of benzene rings is 1. The molecule has 0 saturated heterocycles. The van der Waals surface area contributed by atoms with Crippen LogP contribution in [0.25, 0.3) is 0 Å². The molecule has 1 N–H and O–H groups in total. The van der Waals surface area contributed by atoms with Crippen LogP contribution in [0.1, 0.15) is 22.9 Å². The SMILES string of the molecule is CNC(c1ccc(Cl)cn1)c1cc(F)ccc1C. The van der Waals surface area contributed by atoms with E-state index in [4.69, 9.17) is 11.6 Å². The van der Waals surface area contributed by atoms with Crippen molar-refractivity contribution in [1.29, 1.82) is 0 Å². The number of rotatable bonds is 3. The second-order valence-corrected chi connectivity index (χ2v) is 4.56. The van der Waals surface area contributed by atoms with Crippen molar-refractivity contribution in [1.82, 2.24) is 10.3 Å². The smallest absolute Gasteiger partial charge is 0.123 e. The maximum Gasteiger partial charge on any atom is 0.123 e. The van der Waals surface area contributed by atoms with Gasteiger partial charge in [-0.25, -0.2) is 4.39 Å². The number of halogens is 2. The second kappa shape index (κ2) is 5.46. The quantitative estimate of drug-likeness (QED) is 0.918. The van der Waals surface area contributed by atoms with Crippen molar-refractivity contribution in [3.63, 3.8) is 0 Å². The summed E-state index contributed by atoms with van der Waals surface area (Å²) in [6.45, 7) is 1.95. The summed E-state index contributed by atoms with van der Waals surface area (Å²) < 4.78 is 13.4. The summed E-state index contributed by atoms with van der Waals surface area (Å²) in [5.41, 5.74) is 2.72. The molecular weight excluding hydrogens is 251 g/mol. The molecule has 1 aromatic heterocycles. The number of aromatic nitrogens is 1. The highest BCUT2D eigenvalue weighted by atomic mass is 35.5. The fraction of sp³-hybridized carbons (Fsp3) is 0.214. The van der Waals surface area contributed by atoms with Gasteiger partial charge in [-0.2, -0.15) is 0 Å². The van der Waals surface area contributed by atoms with Crippen LogP contribution in [-0.2, 0) is 0 Å². The van der Waals surface area contributed by atoms with Gasteiger partial charge in [0, 0.05) is 6.20 Å². The van der Waals surface area contributed by atoms with E-state index in [9.17, 15) is 4.39 Å². The zero-order valence-electron chi connectivity index (χ0n) is 10.2. The van der Waals surface area contributed by atoms with Crippen LogP contribution in [0.3, 0.4) is 0 Å². The van der Waals surface area contributed by atoms with Gasteiger partial charge in [0.05, 0.1) is 16.8 Å². The van der Waals surface area contributed by atoms with E-state index in [1.54, 1.807) is 18.3 Å². The van der Waals surface area contributed by atoms with Gasteiger partial charge < -0.3 is 5.32 Å². The number of aryl methyl sites for hydroxylation is 1. The van der Waals surface area contributed by atoms with Gasteiger partial charge in [-0.3, -0.25) is 4.98 Å². The third kappa shape index (κ3) is 2.68. The molecule has 2 rings (SSSR count). The average Bonchev–Trinajstić information content (AvgIpc) is 2.37. The Hall–Kier alpha value is -1.45. The van der Waals surface area contributed by atoms with Gasteiger partial charge in [-0.15, -0.1) is 0 Å². The van der Waals surface area contributed by atoms with Crippen LogP contribution < -0.4 is 5.32 Å². The molecule has 94 valence electrons. The summed E-state index contributed by atoms with van der Waals surface area (Å²) in [6, 6.07) is 8.24. The minimum absolute atomic E-state index is 0.141. The highest BCUT2D eigenvalue weighted by molar-refractivity contribution is 6.30. The summed E-state index contributed by atoms with van der Waals surface area (Å²) in [4.78, 5) is 4.28. The number of nitrogens with zero attached hydrogens (tertiary/aromatic N) is 1. The monoisotopic (exact) mass is 264 g/mol. The number of pyridine rings is 1. The molecule has 2 nitrogen and oxygen atoms in total. The first-order chi connectivity index (χ1) is 8.61. The summed E-state index contributed by atoms with van der Waals surface area (Å²) in [6.07, 6.45) is 1.59. The Kier molecular flexibility index (Phi) is 3.94. The van der Waals surface area contributed by atoms with Crippen LogP contribution in [-0.4, -0.2) is 12.0 Å². The van der Waals surface area contributed by atoms with E-state index in [1.807, 2.05) is 20.0 Å². The van der Waals surface area contributed by atoms with Crippen molar-refractivity contribution in [2.45, 2.75) is 13.0 Å². The predicted molar refractivity (Wildman–Crippen MR) is 71.3 cm³/mol. The molecule has 0 amide bonds. The molecule has 2 aromatic rings. The third-order valence-electron chi connectivity index (χ3n) is 2.89. The average molecular weight is 265 g/mol. The fourth-order valence-corrected chi connectivity index (χ4v) is 2.05. The van der Waals surface area contributed by atoms with E-state index < -0.39 is 0 Å². The molecule has 0 saturated carbocycles. The van der Waals surface area contributed by atoms with E-state index in [0.29, 0.717) is 5.02 Å². The van der Waals surface area contributed by atoms with Gasteiger partial charge in [0.1, 0.15) is 5.82 Å². The molecule has 0 bridgehead atoms. The van der Waals surface area contributed by atoms with E-state index in [1.165, 1.54) is 12.1 Å². The second-order valence-electron chi connectivity index (χ2n) is 4.12. The summed E-state index contributed by atoms with van der Waals surface area (Å²) in [5.74, 6) is -0.246. The van der Waals surface area contributed by atoms with Crippen LogP contribution in [0.2, 0.25) is 5.02 Å². The van der Waals surface area contributed by atoms with Gasteiger partial charge in [0.2, 0.25) is 0 Å². The molecule has 0 aliphatic carbocycles. The van der Waals surface area contributed by atoms with Crippen molar-refractivity contribution in [3.05, 3.63) is 64.2 Å². The normalized spacial score (nSPS) is 12.4. The van der Waals surface area contributed by atoms with E-state index >= 15 is 0 Å². The standard InChI is InChI=1S/C14H14ClFN2/c1-9-3-5-11(16)7-12(9)14(17-2)13-6-4-10(15)8-18-13/h3-8,14,17H,1-2H3. The topological polar surface area (TPSA) is 24.9 Å². The van der Waals surface area contributed by atoms with Gasteiger partial charge in [-0.05, 0) is 49.4 Å². The predicted octanol–water partition coefficient (Wildman–Crippen LogP) is 3.49. The van der Waals surface area contributed by atoms with Gasteiger partial charge in [0.15, 0.2) is 0 Å². The largest absolute Gasteiger partial charge is 0.308 e. The summed E-state index contributed by atoms with van der Waals surface area (Å²) in [7, 11) is 1.82. The minimum Gasteiger partial charge on any atom is -0.308 e. The Bertz CT molecular complexity index is 540. The highest BCUT2D eigenvalue weighted by Gasteiger charge is 2.16. The van der Waals surface area contributed by atoms with Crippen LogP contribution in [0.15, 0.2) is 36.5 Å². The maximum atomic E-state index is 13.4. The lowest BCUT2D eigenvalue weighted by Gasteiger charge is -2.18. The highest BCUT2D eigenvalue weighted by Crippen LogP contribution is 2.24. The van der Waals surface area contributed by atoms with Crippen molar-refractivity contribution in [2.24, 2.45) is 0 Å². The molecule has 1 atom stereocenters. The van der Waals surface area contributed by atoms with Crippen molar-refractivity contribution >= 4 is 11.6 Å². The molecule has 1 aromatic carbocycles. The fourth-order valence-electron chi connectivity index (χ4n) is 1.94. The van der Waals surface area contributed by atoms with Gasteiger partial charge >= 0.3 is 0 Å². The van der Waals surface area contributed by atoms with Gasteiger partial charge in [0.25, 0.3) is 0 Å². The Labute approximate surface area is 111 Å². The molecule has 0 aliphatic heterocycles. The zero-order valence-corrected chi connectivity index (χ0v) is 11.0. The lowest BCUT2D eigenvalue weighted by molar-refractivity contribution is 0.612. The zero-order chi connectivity index (χ0) is 13.1. The lowest BCUT2D eigenvalue weighted by atomic mass is 9.98. The minimum atomic E-state index is -0.246. The van der Waals surface area contributed by atoms with Crippen molar-refractivity contribution < 1.29 is 4.39 Å². The third-order valence-corrected chi connectivity index (χ3v) is 3.11. The Morgan fingerprint density at radius 3 is 2.67 bits per heavy atom. The Balaban J connectivity index is 2.44. The molecule has 0 radical (unpaired) electrons. The first kappa shape index (κ1) is 13.0. The van der Waals surface area contributed by atoms with Crippen LogP contribution in [0.4, 0.5) is 4.39 Å².